The van der Waals surface area contributed by atoms with Gasteiger partial charge in [-0.1, -0.05) is 26.0 Å². The van der Waals surface area contributed by atoms with Crippen LogP contribution in [0.3, 0.4) is 0 Å². The molecule has 0 aliphatic rings. The van der Waals surface area contributed by atoms with Gasteiger partial charge in [-0.2, -0.15) is 0 Å². The van der Waals surface area contributed by atoms with E-state index in [1.54, 1.807) is 42.5 Å². The number of nitrogens with one attached hydrogen (secondary N) is 2. The van der Waals surface area contributed by atoms with Crippen LogP contribution < -0.4 is 15.4 Å². The topological polar surface area (TPSA) is 70.6 Å². The minimum absolute atomic E-state index is 0.196. The number of hydrogen-bond donors (Lipinski definition) is 3. The molecule has 3 N–H and O–H groups in total. The van der Waals surface area contributed by atoms with Crippen LogP contribution in [0.5, 0.6) is 11.5 Å². The van der Waals surface area contributed by atoms with E-state index in [0.29, 0.717) is 18.1 Å². The monoisotopic (exact) mass is 394 g/mol. The van der Waals surface area contributed by atoms with Crippen LogP contribution >= 0.6 is 12.2 Å². The number of amides is 1. The van der Waals surface area contributed by atoms with E-state index in [0.717, 1.165) is 22.2 Å². The van der Waals surface area contributed by atoms with Crippen LogP contribution in [-0.2, 0) is 0 Å². The molecule has 3 aromatic carbocycles. The smallest absolute Gasteiger partial charge is 0.257 e. The second-order valence-electron chi connectivity index (χ2n) is 6.85. The first-order valence-corrected chi connectivity index (χ1v) is 9.40. The van der Waals surface area contributed by atoms with Gasteiger partial charge < -0.3 is 15.2 Å². The van der Waals surface area contributed by atoms with Crippen molar-refractivity contribution in [3.63, 3.8) is 0 Å². The van der Waals surface area contributed by atoms with Crippen LogP contribution in [0.25, 0.3) is 10.8 Å². The van der Waals surface area contributed by atoms with E-state index in [9.17, 15) is 9.90 Å². The van der Waals surface area contributed by atoms with E-state index in [-0.39, 0.29) is 16.8 Å². The van der Waals surface area contributed by atoms with Crippen LogP contribution in [0.2, 0.25) is 0 Å². The quantitative estimate of drug-likeness (QED) is 0.547. The molecule has 28 heavy (non-hydrogen) atoms. The molecule has 0 unspecified atom stereocenters. The average Bonchev–Trinajstić information content (AvgIpc) is 2.66. The molecule has 1 amide bonds. The highest BCUT2D eigenvalue weighted by Gasteiger charge is 2.10. The maximum absolute atomic E-state index is 12.4. The molecule has 0 fully saturated rings. The number of phenols is 1. The molecule has 0 aliphatic heterocycles. The molecule has 3 aromatic rings. The molecular weight excluding hydrogens is 372 g/mol. The van der Waals surface area contributed by atoms with Crippen molar-refractivity contribution in [2.45, 2.75) is 13.8 Å². The Hall–Kier alpha value is -3.12. The molecule has 0 saturated heterocycles. The summed E-state index contributed by atoms with van der Waals surface area (Å²) in [5.41, 5.74) is 1.24. The van der Waals surface area contributed by atoms with Crippen molar-refractivity contribution in [1.82, 2.24) is 5.32 Å². The summed E-state index contributed by atoms with van der Waals surface area (Å²) in [5.74, 6) is 1.06. The number of benzene rings is 3. The lowest BCUT2D eigenvalue weighted by Crippen LogP contribution is -2.34. The summed E-state index contributed by atoms with van der Waals surface area (Å²) in [6, 6.07) is 17.6. The number of ether oxygens (including phenoxy) is 1. The highest BCUT2D eigenvalue weighted by Crippen LogP contribution is 2.26. The third kappa shape index (κ3) is 4.98. The van der Waals surface area contributed by atoms with Gasteiger partial charge in [-0.25, -0.2) is 0 Å². The second-order valence-corrected chi connectivity index (χ2v) is 7.26. The molecule has 0 saturated carbocycles. The Morgan fingerprint density at radius 1 is 1.11 bits per heavy atom. The normalized spacial score (nSPS) is 10.7. The number of hydrogen-bond acceptors (Lipinski definition) is 4. The van der Waals surface area contributed by atoms with Crippen LogP contribution in [0, 0.1) is 5.92 Å². The minimum atomic E-state index is -0.300. The fraction of sp³-hybridized carbons (Fsp3) is 0.182. The van der Waals surface area contributed by atoms with Gasteiger partial charge in [0, 0.05) is 16.6 Å². The maximum Gasteiger partial charge on any atom is 0.257 e. The molecule has 6 heteroatoms. The van der Waals surface area contributed by atoms with Gasteiger partial charge in [0.25, 0.3) is 5.91 Å². The molecule has 0 radical (unpaired) electrons. The van der Waals surface area contributed by atoms with Gasteiger partial charge in [0.1, 0.15) is 11.5 Å². The second kappa shape index (κ2) is 8.71. The molecule has 3 rings (SSSR count). The Morgan fingerprint density at radius 3 is 2.57 bits per heavy atom. The summed E-state index contributed by atoms with van der Waals surface area (Å²) in [6.45, 7) is 4.78. The Kier molecular flexibility index (Phi) is 6.11. The van der Waals surface area contributed by atoms with Gasteiger partial charge in [0.05, 0.1) is 6.61 Å². The molecule has 0 bridgehead atoms. The molecule has 0 aromatic heterocycles. The predicted molar refractivity (Wildman–Crippen MR) is 116 cm³/mol. The number of rotatable bonds is 5. The van der Waals surface area contributed by atoms with E-state index < -0.39 is 0 Å². The van der Waals surface area contributed by atoms with Gasteiger partial charge in [0.15, 0.2) is 5.11 Å². The van der Waals surface area contributed by atoms with Crippen molar-refractivity contribution in [2.75, 3.05) is 11.9 Å². The molecule has 5 nitrogen and oxygen atoms in total. The van der Waals surface area contributed by atoms with Crippen molar-refractivity contribution in [2.24, 2.45) is 5.92 Å². The number of phenolic OH excluding ortho intramolecular Hbond substituents is 1. The third-order valence-electron chi connectivity index (χ3n) is 4.04. The zero-order valence-electron chi connectivity index (χ0n) is 15.7. The molecule has 0 aliphatic carbocycles. The SMILES string of the molecule is CC(C)COc1ccc(C(=O)NC(=S)Nc2cccc3cc(O)ccc23)cc1. The first-order chi connectivity index (χ1) is 13.4. The van der Waals surface area contributed by atoms with Gasteiger partial charge in [0.2, 0.25) is 0 Å². The Labute approximate surface area is 169 Å². The van der Waals surface area contributed by atoms with Crippen molar-refractivity contribution in [1.29, 1.82) is 0 Å². The third-order valence-corrected chi connectivity index (χ3v) is 4.24. The van der Waals surface area contributed by atoms with Crippen LogP contribution in [0.15, 0.2) is 60.7 Å². The number of carbonyl (C=O) groups excluding carboxylic acids is 1. The molecular formula is C22H22N2O3S. The van der Waals surface area contributed by atoms with Crippen LogP contribution in [0.4, 0.5) is 5.69 Å². The number of aromatic hydroxyl groups is 1. The lowest BCUT2D eigenvalue weighted by Gasteiger charge is -2.12. The summed E-state index contributed by atoms with van der Waals surface area (Å²) >= 11 is 5.28. The van der Waals surface area contributed by atoms with Crippen LogP contribution in [0.1, 0.15) is 24.2 Å². The van der Waals surface area contributed by atoms with Gasteiger partial charge in [-0.05, 0) is 72.1 Å². The highest BCUT2D eigenvalue weighted by atomic mass is 32.1. The maximum atomic E-state index is 12.4. The van der Waals surface area contributed by atoms with Crippen molar-refractivity contribution in [3.05, 3.63) is 66.2 Å². The van der Waals surface area contributed by atoms with E-state index >= 15 is 0 Å². The fourth-order valence-electron chi connectivity index (χ4n) is 2.67. The van der Waals surface area contributed by atoms with Crippen molar-refractivity contribution < 1.29 is 14.6 Å². The summed E-state index contributed by atoms with van der Waals surface area (Å²) in [5, 5.41) is 17.3. The lowest BCUT2D eigenvalue weighted by atomic mass is 10.1. The first-order valence-electron chi connectivity index (χ1n) is 8.99. The standard InChI is InChI=1S/C22H22N2O3S/c1-14(2)13-27-18-9-6-15(7-10-18)21(26)24-22(28)23-20-5-3-4-16-12-17(25)8-11-19(16)20/h3-12,14,25H,13H2,1-2H3,(H2,23,24,26,28). The predicted octanol–water partition coefficient (Wildman–Crippen LogP) is 4.71. The van der Waals surface area contributed by atoms with Gasteiger partial charge in [-0.3, -0.25) is 10.1 Å². The van der Waals surface area contributed by atoms with E-state index in [2.05, 4.69) is 24.5 Å². The first kappa shape index (κ1) is 19.6. The van der Waals surface area contributed by atoms with E-state index in [1.807, 2.05) is 18.2 Å². The van der Waals surface area contributed by atoms with Gasteiger partial charge >= 0.3 is 0 Å². The summed E-state index contributed by atoms with van der Waals surface area (Å²) in [6.07, 6.45) is 0. The summed E-state index contributed by atoms with van der Waals surface area (Å²) < 4.78 is 5.62. The number of anilines is 1. The number of thiocarbonyl (C=S) groups is 1. The average molecular weight is 394 g/mol. The number of fused-ring (bicyclic) bond motifs is 1. The van der Waals surface area contributed by atoms with Crippen molar-refractivity contribution >= 4 is 39.7 Å². The minimum Gasteiger partial charge on any atom is -0.508 e. The molecule has 144 valence electrons. The Morgan fingerprint density at radius 2 is 1.86 bits per heavy atom. The molecule has 0 heterocycles. The molecule has 0 spiro atoms. The van der Waals surface area contributed by atoms with Crippen LogP contribution in [-0.4, -0.2) is 22.7 Å². The fourth-order valence-corrected chi connectivity index (χ4v) is 2.88. The lowest BCUT2D eigenvalue weighted by molar-refractivity contribution is 0.0977. The van der Waals surface area contributed by atoms with E-state index in [1.165, 1.54) is 0 Å². The summed E-state index contributed by atoms with van der Waals surface area (Å²) in [4.78, 5) is 12.4. The zero-order valence-corrected chi connectivity index (χ0v) is 16.5. The van der Waals surface area contributed by atoms with E-state index in [4.69, 9.17) is 17.0 Å². The Bertz CT molecular complexity index is 1000. The van der Waals surface area contributed by atoms with Crippen molar-refractivity contribution in [3.8, 4) is 11.5 Å². The van der Waals surface area contributed by atoms with Gasteiger partial charge in [-0.15, -0.1) is 0 Å². The zero-order chi connectivity index (χ0) is 20.1. The molecule has 0 atom stereocenters. The largest absolute Gasteiger partial charge is 0.508 e. The summed E-state index contributed by atoms with van der Waals surface area (Å²) in [7, 11) is 0. The Balaban J connectivity index is 1.64. The highest BCUT2D eigenvalue weighted by molar-refractivity contribution is 7.80. The number of carbonyl (C=O) groups is 1.